The van der Waals surface area contributed by atoms with Gasteiger partial charge in [-0.05, 0) is 30.8 Å². The van der Waals surface area contributed by atoms with Crippen LogP contribution in [-0.2, 0) is 11.3 Å². The maximum atomic E-state index is 13.0. The summed E-state index contributed by atoms with van der Waals surface area (Å²) >= 11 is 0. The highest BCUT2D eigenvalue weighted by atomic mass is 16.5. The molecule has 1 unspecified atom stereocenters. The van der Waals surface area contributed by atoms with Crippen LogP contribution in [0, 0.1) is 0 Å². The van der Waals surface area contributed by atoms with Gasteiger partial charge in [0.15, 0.2) is 0 Å². The van der Waals surface area contributed by atoms with Crippen LogP contribution in [0.4, 0.5) is 0 Å². The maximum Gasteiger partial charge on any atom is 0.242 e. The summed E-state index contributed by atoms with van der Waals surface area (Å²) in [5.41, 5.74) is 1.91. The van der Waals surface area contributed by atoms with Crippen molar-refractivity contribution in [3.05, 3.63) is 59.7 Å². The molecule has 5 heteroatoms. The Kier molecular flexibility index (Phi) is 7.48. The minimum Gasteiger partial charge on any atom is -0.497 e. The number of nitrogens with one attached hydrogen (secondary N) is 1. The van der Waals surface area contributed by atoms with E-state index in [1.165, 1.54) is 0 Å². The lowest BCUT2D eigenvalue weighted by atomic mass is 10.0. The quantitative estimate of drug-likeness (QED) is 0.748. The van der Waals surface area contributed by atoms with Crippen molar-refractivity contribution in [2.45, 2.75) is 26.4 Å². The number of likely N-dealkylation sites (N-methyl/N-ethyl adjacent to an activating group) is 1. The first-order chi connectivity index (χ1) is 12.6. The third kappa shape index (κ3) is 4.76. The Bertz CT molecular complexity index is 700. The molecule has 0 aliphatic carbocycles. The largest absolute Gasteiger partial charge is 0.497 e. The van der Waals surface area contributed by atoms with Crippen LogP contribution in [-0.4, -0.2) is 38.1 Å². The van der Waals surface area contributed by atoms with E-state index in [1.807, 2.05) is 48.5 Å². The minimum absolute atomic E-state index is 0.0160. The molecule has 1 amide bonds. The smallest absolute Gasteiger partial charge is 0.242 e. The van der Waals surface area contributed by atoms with E-state index in [0.29, 0.717) is 12.3 Å². The van der Waals surface area contributed by atoms with Crippen LogP contribution in [0.3, 0.4) is 0 Å². The molecule has 0 aromatic heterocycles. The van der Waals surface area contributed by atoms with Crippen molar-refractivity contribution < 1.29 is 14.3 Å². The molecule has 140 valence electrons. The average Bonchev–Trinajstić information content (AvgIpc) is 2.70. The Morgan fingerprint density at radius 3 is 2.31 bits per heavy atom. The van der Waals surface area contributed by atoms with E-state index in [-0.39, 0.29) is 11.9 Å². The molecule has 0 saturated heterocycles. The Hall–Kier alpha value is -2.53. The van der Waals surface area contributed by atoms with Crippen LogP contribution in [0.5, 0.6) is 11.5 Å². The predicted octanol–water partition coefficient (Wildman–Crippen LogP) is 3.40. The SMILES string of the molecule is CCN(CC)C(C(=O)NCc1ccc(OC)cc1OC)c1ccccc1. The van der Waals surface area contributed by atoms with Crippen molar-refractivity contribution in [1.82, 2.24) is 10.2 Å². The highest BCUT2D eigenvalue weighted by molar-refractivity contribution is 5.83. The van der Waals surface area contributed by atoms with Crippen molar-refractivity contribution in [2.75, 3.05) is 27.3 Å². The molecule has 0 radical (unpaired) electrons. The molecule has 0 saturated carbocycles. The van der Waals surface area contributed by atoms with Gasteiger partial charge < -0.3 is 14.8 Å². The predicted molar refractivity (Wildman–Crippen MR) is 103 cm³/mol. The molecular weight excluding hydrogens is 328 g/mol. The van der Waals surface area contributed by atoms with E-state index >= 15 is 0 Å². The van der Waals surface area contributed by atoms with Crippen LogP contribution in [0.1, 0.15) is 31.0 Å². The summed E-state index contributed by atoms with van der Waals surface area (Å²) in [4.78, 5) is 15.1. The zero-order chi connectivity index (χ0) is 18.9. The molecule has 0 fully saturated rings. The highest BCUT2D eigenvalue weighted by Crippen LogP contribution is 2.25. The molecule has 2 aromatic rings. The Morgan fingerprint density at radius 2 is 1.73 bits per heavy atom. The molecule has 1 N–H and O–H groups in total. The number of rotatable bonds is 9. The lowest BCUT2D eigenvalue weighted by Crippen LogP contribution is -2.40. The summed E-state index contributed by atoms with van der Waals surface area (Å²) in [6.45, 7) is 6.14. The second-order valence-corrected chi connectivity index (χ2v) is 5.93. The van der Waals surface area contributed by atoms with Gasteiger partial charge in [0.05, 0.1) is 14.2 Å². The van der Waals surface area contributed by atoms with Crippen LogP contribution < -0.4 is 14.8 Å². The number of benzene rings is 2. The van der Waals surface area contributed by atoms with Crippen LogP contribution in [0.2, 0.25) is 0 Å². The minimum atomic E-state index is -0.310. The van der Waals surface area contributed by atoms with Gasteiger partial charge in [-0.25, -0.2) is 0 Å². The van der Waals surface area contributed by atoms with Crippen molar-refractivity contribution in [3.63, 3.8) is 0 Å². The zero-order valence-electron chi connectivity index (χ0n) is 16.0. The first-order valence-electron chi connectivity index (χ1n) is 8.92. The average molecular weight is 356 g/mol. The fraction of sp³-hybridized carbons (Fsp3) is 0.381. The van der Waals surface area contributed by atoms with Crippen LogP contribution >= 0.6 is 0 Å². The van der Waals surface area contributed by atoms with Gasteiger partial charge in [-0.1, -0.05) is 44.2 Å². The summed E-state index contributed by atoms with van der Waals surface area (Å²) in [7, 11) is 3.23. The summed E-state index contributed by atoms with van der Waals surface area (Å²) in [6, 6.07) is 15.2. The van der Waals surface area contributed by atoms with E-state index in [4.69, 9.17) is 9.47 Å². The molecule has 0 bridgehead atoms. The van der Waals surface area contributed by atoms with E-state index < -0.39 is 0 Å². The Morgan fingerprint density at radius 1 is 1.04 bits per heavy atom. The fourth-order valence-electron chi connectivity index (χ4n) is 3.03. The van der Waals surface area contributed by atoms with Crippen molar-refractivity contribution in [1.29, 1.82) is 0 Å². The summed E-state index contributed by atoms with van der Waals surface area (Å²) in [5, 5.41) is 3.06. The summed E-state index contributed by atoms with van der Waals surface area (Å²) in [6.07, 6.45) is 0. The van der Waals surface area contributed by atoms with Crippen molar-refractivity contribution in [3.8, 4) is 11.5 Å². The first-order valence-corrected chi connectivity index (χ1v) is 8.92. The molecule has 1 atom stereocenters. The van der Waals surface area contributed by atoms with E-state index in [0.717, 1.165) is 30.0 Å². The lowest BCUT2D eigenvalue weighted by Gasteiger charge is -2.29. The fourth-order valence-corrected chi connectivity index (χ4v) is 3.03. The number of hydrogen-bond donors (Lipinski definition) is 1. The van der Waals surface area contributed by atoms with Gasteiger partial charge in [-0.2, -0.15) is 0 Å². The third-order valence-electron chi connectivity index (χ3n) is 4.49. The van der Waals surface area contributed by atoms with E-state index in [2.05, 4.69) is 24.1 Å². The van der Waals surface area contributed by atoms with E-state index in [9.17, 15) is 4.79 Å². The topological polar surface area (TPSA) is 50.8 Å². The van der Waals surface area contributed by atoms with Gasteiger partial charge in [0.2, 0.25) is 5.91 Å². The van der Waals surface area contributed by atoms with E-state index in [1.54, 1.807) is 14.2 Å². The molecule has 2 aromatic carbocycles. The summed E-state index contributed by atoms with van der Waals surface area (Å²) < 4.78 is 10.6. The summed E-state index contributed by atoms with van der Waals surface area (Å²) in [5.74, 6) is 1.41. The molecule has 0 aliphatic heterocycles. The number of nitrogens with zero attached hydrogens (tertiary/aromatic N) is 1. The standard InChI is InChI=1S/C21H28N2O3/c1-5-23(6-2)20(16-10-8-7-9-11-16)21(24)22-15-17-12-13-18(25-3)14-19(17)26-4/h7-14,20H,5-6,15H2,1-4H3,(H,22,24). The number of carbonyl (C=O) groups excluding carboxylic acids is 1. The molecule has 0 aliphatic rings. The molecular formula is C21H28N2O3. The van der Waals surface area contributed by atoms with Crippen molar-refractivity contribution in [2.24, 2.45) is 0 Å². The Balaban J connectivity index is 2.17. The second kappa shape index (κ2) is 9.82. The van der Waals surface area contributed by atoms with Gasteiger partial charge in [0, 0.05) is 18.2 Å². The second-order valence-electron chi connectivity index (χ2n) is 5.93. The number of amides is 1. The van der Waals surface area contributed by atoms with Gasteiger partial charge in [-0.15, -0.1) is 0 Å². The molecule has 2 rings (SSSR count). The third-order valence-corrected chi connectivity index (χ3v) is 4.49. The number of carbonyl (C=O) groups is 1. The van der Waals surface area contributed by atoms with Crippen molar-refractivity contribution >= 4 is 5.91 Å². The Labute approximate surface area is 155 Å². The molecule has 0 spiro atoms. The normalized spacial score (nSPS) is 11.9. The van der Waals surface area contributed by atoms with Gasteiger partial charge in [-0.3, -0.25) is 9.69 Å². The van der Waals surface area contributed by atoms with Gasteiger partial charge >= 0.3 is 0 Å². The maximum absolute atomic E-state index is 13.0. The monoisotopic (exact) mass is 356 g/mol. The van der Waals surface area contributed by atoms with Crippen LogP contribution in [0.15, 0.2) is 48.5 Å². The number of methoxy groups -OCH3 is 2. The first kappa shape index (κ1) is 19.8. The number of ether oxygens (including phenoxy) is 2. The van der Waals surface area contributed by atoms with Gasteiger partial charge in [0.25, 0.3) is 0 Å². The molecule has 0 heterocycles. The molecule has 26 heavy (non-hydrogen) atoms. The van der Waals surface area contributed by atoms with Gasteiger partial charge in [0.1, 0.15) is 17.5 Å². The zero-order valence-corrected chi connectivity index (χ0v) is 16.0. The van der Waals surface area contributed by atoms with Crippen LogP contribution in [0.25, 0.3) is 0 Å². The lowest BCUT2D eigenvalue weighted by molar-refractivity contribution is -0.126. The number of hydrogen-bond acceptors (Lipinski definition) is 4. The molecule has 5 nitrogen and oxygen atoms in total. The highest BCUT2D eigenvalue weighted by Gasteiger charge is 2.25.